The van der Waals surface area contributed by atoms with E-state index < -0.39 is 119 Å². The summed E-state index contributed by atoms with van der Waals surface area (Å²) in [5.41, 5.74) is -6.01. The van der Waals surface area contributed by atoms with E-state index in [9.17, 15) is 34.5 Å². The quantitative estimate of drug-likeness (QED) is 0.166. The van der Waals surface area contributed by atoms with E-state index >= 15 is 0 Å². The number of carbonyl (C=O) groups excluding carboxylic acids is 4. The minimum atomic E-state index is -2.18. The average Bonchev–Trinajstić information content (AvgIpc) is 3.49. The zero-order chi connectivity index (χ0) is 44.7. The SMILES string of the molecule is CC(=O)O[C@@]12CO[C@@H]1C[C@H](O)[C@@]1(C)[C@@H]3OC(C)(C)O[C@@H]3C3=C(C)[C@@H](OC(=O)[C@H](O)[C@@H](NC(=O)OC(C)(C)C)c4ccncc4)C[C@@](O)([C@@H](OC(=O)c4ccccc4)[C@H]21)C3(C)C. The molecule has 3 aliphatic carbocycles. The first kappa shape index (κ1) is 44.6. The van der Waals surface area contributed by atoms with Crippen molar-refractivity contribution in [2.24, 2.45) is 16.7 Å². The molecule has 4 fully saturated rings. The Bertz CT molecular complexity index is 2070. The lowest BCUT2D eigenvalue weighted by atomic mass is 9.44. The summed E-state index contributed by atoms with van der Waals surface area (Å²) in [6.45, 7) is 16.6. The molecule has 0 spiro atoms. The summed E-state index contributed by atoms with van der Waals surface area (Å²) in [5.74, 6) is -5.08. The van der Waals surface area contributed by atoms with Crippen LogP contribution in [0.3, 0.4) is 0 Å². The molecular weight excluding hydrogens is 792 g/mol. The van der Waals surface area contributed by atoms with E-state index in [4.69, 9.17) is 33.2 Å². The number of aliphatic hydroxyl groups excluding tert-OH is 2. The maximum atomic E-state index is 14.4. The van der Waals surface area contributed by atoms with Gasteiger partial charge in [-0.25, -0.2) is 14.4 Å². The molecule has 4 N–H and O–H groups in total. The van der Waals surface area contributed by atoms with Gasteiger partial charge >= 0.3 is 24.0 Å². The van der Waals surface area contributed by atoms with Gasteiger partial charge in [0.05, 0.1) is 36.3 Å². The second kappa shape index (κ2) is 15.4. The highest BCUT2D eigenvalue weighted by Gasteiger charge is 2.79. The minimum Gasteiger partial charge on any atom is -0.456 e. The molecule has 332 valence electrons. The number of aliphatic hydroxyl groups is 3. The number of fused-ring (bicyclic) bond motifs is 8. The lowest BCUT2D eigenvalue weighted by Gasteiger charge is -2.68. The highest BCUT2D eigenvalue weighted by molar-refractivity contribution is 5.89. The second-order valence-corrected chi connectivity index (χ2v) is 19.2. The average molecular weight is 851 g/mol. The first-order chi connectivity index (χ1) is 28.4. The Balaban J connectivity index is 1.39. The topological polar surface area (TPSA) is 218 Å². The molecule has 1 aromatic carbocycles. The highest BCUT2D eigenvalue weighted by atomic mass is 16.8. The van der Waals surface area contributed by atoms with Crippen LogP contribution in [0.2, 0.25) is 0 Å². The Hall–Kier alpha value is -4.45. The molecular formula is C45H58N2O14. The number of hydrogen-bond donors (Lipinski definition) is 4. The summed E-state index contributed by atoms with van der Waals surface area (Å²) in [6.07, 6.45) is -7.36. The van der Waals surface area contributed by atoms with Gasteiger partial charge in [0, 0.05) is 43.0 Å². The molecule has 2 aromatic rings. The van der Waals surface area contributed by atoms with E-state index in [0.717, 1.165) is 0 Å². The molecule has 5 aliphatic rings. The molecule has 2 saturated heterocycles. The van der Waals surface area contributed by atoms with E-state index in [1.165, 1.54) is 31.5 Å². The van der Waals surface area contributed by atoms with Gasteiger partial charge in [-0.05, 0) is 82.5 Å². The predicted molar refractivity (Wildman–Crippen MR) is 214 cm³/mol. The molecule has 1 aromatic heterocycles. The molecule has 61 heavy (non-hydrogen) atoms. The van der Waals surface area contributed by atoms with Crippen LogP contribution in [-0.4, -0.2) is 116 Å². The van der Waals surface area contributed by atoms with Gasteiger partial charge in [0.2, 0.25) is 0 Å². The maximum absolute atomic E-state index is 14.4. The van der Waals surface area contributed by atoms with E-state index in [2.05, 4.69) is 10.3 Å². The molecule has 1 amide bonds. The number of rotatable bonds is 8. The third kappa shape index (κ3) is 7.52. The smallest absolute Gasteiger partial charge is 0.408 e. The van der Waals surface area contributed by atoms with Crippen molar-refractivity contribution in [3.63, 3.8) is 0 Å². The van der Waals surface area contributed by atoms with Crippen LogP contribution in [0.4, 0.5) is 4.79 Å². The lowest BCUT2D eigenvalue weighted by molar-refractivity contribution is -0.362. The first-order valence-electron chi connectivity index (χ1n) is 20.7. The Morgan fingerprint density at radius 3 is 2.21 bits per heavy atom. The number of ether oxygens (including phenoxy) is 7. The summed E-state index contributed by atoms with van der Waals surface area (Å²) in [6, 6.07) is 9.87. The van der Waals surface area contributed by atoms with Gasteiger partial charge in [0.15, 0.2) is 17.5 Å². The van der Waals surface area contributed by atoms with Crippen LogP contribution in [0.5, 0.6) is 0 Å². The molecule has 16 nitrogen and oxygen atoms in total. The maximum Gasteiger partial charge on any atom is 0.408 e. The Labute approximate surface area is 355 Å². The van der Waals surface area contributed by atoms with Crippen LogP contribution in [0.25, 0.3) is 0 Å². The van der Waals surface area contributed by atoms with Gasteiger partial charge in [0.1, 0.15) is 35.6 Å². The van der Waals surface area contributed by atoms with Gasteiger partial charge < -0.3 is 53.8 Å². The summed E-state index contributed by atoms with van der Waals surface area (Å²) < 4.78 is 44.0. The van der Waals surface area contributed by atoms with Gasteiger partial charge in [-0.3, -0.25) is 9.78 Å². The molecule has 7 rings (SSSR count). The van der Waals surface area contributed by atoms with Crippen LogP contribution < -0.4 is 5.32 Å². The summed E-state index contributed by atoms with van der Waals surface area (Å²) in [7, 11) is 0. The number of benzene rings is 1. The van der Waals surface area contributed by atoms with E-state index in [-0.39, 0.29) is 18.6 Å². The molecule has 12 atom stereocenters. The number of aromatic nitrogens is 1. The zero-order valence-electron chi connectivity index (χ0n) is 36.3. The number of carbonyl (C=O) groups is 4. The number of nitrogens with one attached hydrogen (secondary N) is 1. The van der Waals surface area contributed by atoms with Crippen molar-refractivity contribution < 1.29 is 67.7 Å². The number of esters is 3. The molecule has 0 radical (unpaired) electrons. The van der Waals surface area contributed by atoms with E-state index in [0.29, 0.717) is 16.7 Å². The van der Waals surface area contributed by atoms with E-state index in [1.54, 1.807) is 92.6 Å². The molecule has 16 heteroatoms. The Kier molecular flexibility index (Phi) is 11.3. The Morgan fingerprint density at radius 1 is 0.967 bits per heavy atom. The van der Waals surface area contributed by atoms with Crippen LogP contribution in [0, 0.1) is 16.7 Å². The minimum absolute atomic E-state index is 0.0284. The number of amides is 1. The zero-order valence-corrected chi connectivity index (χ0v) is 36.3. The fourth-order valence-corrected chi connectivity index (χ4v) is 10.6. The fourth-order valence-electron chi connectivity index (χ4n) is 10.6. The van der Waals surface area contributed by atoms with Crippen molar-refractivity contribution in [3.8, 4) is 0 Å². The molecule has 3 heterocycles. The molecule has 2 aliphatic heterocycles. The highest BCUT2D eigenvalue weighted by Crippen LogP contribution is 2.67. The number of hydrogen-bond acceptors (Lipinski definition) is 15. The van der Waals surface area contributed by atoms with Crippen molar-refractivity contribution >= 4 is 24.0 Å². The van der Waals surface area contributed by atoms with Crippen LogP contribution in [0.15, 0.2) is 66.0 Å². The van der Waals surface area contributed by atoms with Crippen LogP contribution in [0.1, 0.15) is 104 Å². The molecule has 2 saturated carbocycles. The van der Waals surface area contributed by atoms with Crippen molar-refractivity contribution in [3.05, 3.63) is 77.1 Å². The lowest BCUT2D eigenvalue weighted by Crippen LogP contribution is -2.82. The normalized spacial score (nSPS) is 35.6. The van der Waals surface area contributed by atoms with Crippen molar-refractivity contribution in [2.45, 2.75) is 153 Å². The number of pyridine rings is 1. The molecule has 0 unspecified atom stereocenters. The van der Waals surface area contributed by atoms with E-state index in [1.807, 2.05) is 0 Å². The van der Waals surface area contributed by atoms with Crippen LogP contribution in [-0.2, 0) is 42.7 Å². The number of alkyl carbamates (subject to hydrolysis) is 1. The third-order valence-corrected chi connectivity index (χ3v) is 13.5. The second-order valence-electron chi connectivity index (χ2n) is 19.2. The summed E-state index contributed by atoms with van der Waals surface area (Å²) in [5, 5.41) is 40.5. The summed E-state index contributed by atoms with van der Waals surface area (Å²) in [4.78, 5) is 58.9. The van der Waals surface area contributed by atoms with Crippen LogP contribution >= 0.6 is 0 Å². The van der Waals surface area contributed by atoms with Gasteiger partial charge in [-0.2, -0.15) is 0 Å². The standard InChI is InChI=1S/C45H58N2O14/c1-23-27(56-38(52)32(50)31(25-16-18-46-19-17-25)47-39(53)61-40(3,4)5)21-45(54)36(57-37(51)26-14-12-11-13-15-26)34-43(10,28(49)20-29-44(34,22-55-29)58-24(2)48)35-33(30(23)41(45,6)7)59-42(8,9)60-35/h11-19,27-29,31-36,49-50,54H,20-22H2,1-10H3,(H,47,53)/t27-,28-,29+,31-,32+,33+,34-,35+,36-,43+,44-,45+/m0/s1. The first-order valence-corrected chi connectivity index (χ1v) is 20.7. The third-order valence-electron chi connectivity index (χ3n) is 13.5. The predicted octanol–water partition coefficient (Wildman–Crippen LogP) is 4.24. The van der Waals surface area contributed by atoms with Gasteiger partial charge in [-0.15, -0.1) is 0 Å². The number of nitrogens with zero attached hydrogens (tertiary/aromatic N) is 1. The summed E-state index contributed by atoms with van der Waals surface area (Å²) >= 11 is 0. The van der Waals surface area contributed by atoms with Crippen molar-refractivity contribution in [2.75, 3.05) is 6.61 Å². The van der Waals surface area contributed by atoms with Crippen molar-refractivity contribution in [1.82, 2.24) is 10.3 Å². The molecule has 2 bridgehead atoms. The Morgan fingerprint density at radius 2 is 1.62 bits per heavy atom. The largest absolute Gasteiger partial charge is 0.456 e. The van der Waals surface area contributed by atoms with Gasteiger partial charge in [-0.1, -0.05) is 39.0 Å². The van der Waals surface area contributed by atoms with Gasteiger partial charge in [0.25, 0.3) is 0 Å². The monoisotopic (exact) mass is 850 g/mol. The van der Waals surface area contributed by atoms with Crippen molar-refractivity contribution in [1.29, 1.82) is 0 Å². The fraction of sp³-hybridized carbons (Fsp3) is 0.622.